The maximum atomic E-state index is 14.2. The molecule has 1 aliphatic heterocycles. The van der Waals surface area contributed by atoms with Gasteiger partial charge in [-0.2, -0.15) is 0 Å². The third kappa shape index (κ3) is 3.62. The molecule has 1 saturated heterocycles. The molecule has 160 valence electrons. The summed E-state index contributed by atoms with van der Waals surface area (Å²) < 4.78 is 21.5. The van der Waals surface area contributed by atoms with Crippen LogP contribution in [0.1, 0.15) is 31.9 Å². The average molecular weight is 420 g/mol. The van der Waals surface area contributed by atoms with Crippen molar-refractivity contribution in [1.29, 1.82) is 0 Å². The van der Waals surface area contributed by atoms with Crippen LogP contribution in [0.25, 0.3) is 28.1 Å². The number of nitrogens with two attached hydrogens (primary N) is 1. The molecule has 7 nitrogen and oxygen atoms in total. The number of hydrogen-bond acceptors (Lipinski definition) is 6. The topological polar surface area (TPSA) is 81.6 Å². The molecule has 3 aromatic heterocycles. The summed E-state index contributed by atoms with van der Waals surface area (Å²) in [5.74, 6) is 0.453. The number of nitrogens with zero attached hydrogens (tertiary/aromatic N) is 5. The Morgan fingerprint density at radius 3 is 2.87 bits per heavy atom. The lowest BCUT2D eigenvalue weighted by molar-refractivity contribution is 0.259. The van der Waals surface area contributed by atoms with E-state index >= 15 is 0 Å². The van der Waals surface area contributed by atoms with Gasteiger partial charge in [-0.25, -0.2) is 9.37 Å². The van der Waals surface area contributed by atoms with Gasteiger partial charge in [0.1, 0.15) is 5.69 Å². The highest BCUT2D eigenvalue weighted by atomic mass is 19.1. The molecule has 5 rings (SSSR count). The second-order valence-corrected chi connectivity index (χ2v) is 8.04. The Hall–Kier alpha value is -3.10. The summed E-state index contributed by atoms with van der Waals surface area (Å²) in [4.78, 5) is 7.11. The first-order chi connectivity index (χ1) is 15.0. The Morgan fingerprint density at radius 1 is 1.23 bits per heavy atom. The van der Waals surface area contributed by atoms with Gasteiger partial charge in [0.05, 0.1) is 12.1 Å². The van der Waals surface area contributed by atoms with Gasteiger partial charge in [0.15, 0.2) is 23.0 Å². The molecule has 1 unspecified atom stereocenters. The van der Waals surface area contributed by atoms with Crippen molar-refractivity contribution >= 4 is 16.6 Å². The summed E-state index contributed by atoms with van der Waals surface area (Å²) in [6.45, 7) is 6.31. The van der Waals surface area contributed by atoms with Crippen LogP contribution in [0.5, 0.6) is 5.75 Å². The molecule has 0 bridgehead atoms. The van der Waals surface area contributed by atoms with Gasteiger partial charge in [-0.05, 0) is 44.0 Å². The van der Waals surface area contributed by atoms with Gasteiger partial charge >= 0.3 is 0 Å². The predicted molar refractivity (Wildman–Crippen MR) is 117 cm³/mol. The zero-order valence-corrected chi connectivity index (χ0v) is 17.6. The van der Waals surface area contributed by atoms with Crippen LogP contribution in [0.2, 0.25) is 0 Å². The molecule has 4 aromatic rings. The number of halogens is 1. The van der Waals surface area contributed by atoms with Crippen LogP contribution in [0.3, 0.4) is 0 Å². The Bertz CT molecular complexity index is 1260. The molecule has 0 aliphatic carbocycles. The Labute approximate surface area is 179 Å². The van der Waals surface area contributed by atoms with Crippen molar-refractivity contribution in [2.45, 2.75) is 32.4 Å². The fourth-order valence-electron chi connectivity index (χ4n) is 4.22. The number of benzene rings is 1. The smallest absolute Gasteiger partial charge is 0.187 e. The van der Waals surface area contributed by atoms with Crippen molar-refractivity contribution in [3.05, 3.63) is 54.0 Å². The molecule has 31 heavy (non-hydrogen) atoms. The highest BCUT2D eigenvalue weighted by Crippen LogP contribution is 2.28. The fraction of sp³-hybridized carbons (Fsp3) is 0.348. The zero-order chi connectivity index (χ0) is 21.5. The number of ether oxygens (including phenoxy) is 1. The molecule has 0 spiro atoms. The second-order valence-electron chi connectivity index (χ2n) is 8.04. The van der Waals surface area contributed by atoms with Gasteiger partial charge in [-0.3, -0.25) is 9.30 Å². The number of aromatic nitrogens is 4. The van der Waals surface area contributed by atoms with Crippen LogP contribution in [-0.4, -0.2) is 50.2 Å². The monoisotopic (exact) mass is 420 g/mol. The third-order valence-electron chi connectivity index (χ3n) is 5.98. The molecule has 1 aliphatic rings. The standard InChI is InChI=1S/C23H25FN6O/c1-3-31-21-11-20-15(10-18(21)24)4-6-19(26-20)23-28-27-22-7-5-16(12-30(22)23)14(2)29-9-8-17(25)13-29/h4-7,10-12,14,17H,3,8-9,13,25H2,1-2H3/t14-,17?/m1/s1. The average Bonchev–Trinajstić information content (AvgIpc) is 3.39. The molecular weight excluding hydrogens is 395 g/mol. The molecule has 4 heterocycles. The van der Waals surface area contributed by atoms with Crippen molar-refractivity contribution in [3.63, 3.8) is 0 Å². The summed E-state index contributed by atoms with van der Waals surface area (Å²) in [6.07, 6.45) is 3.09. The number of hydrogen-bond donors (Lipinski definition) is 1. The third-order valence-corrected chi connectivity index (χ3v) is 5.98. The van der Waals surface area contributed by atoms with Crippen LogP contribution in [0.15, 0.2) is 42.6 Å². The molecule has 0 amide bonds. The Balaban J connectivity index is 1.55. The molecule has 2 atom stereocenters. The van der Waals surface area contributed by atoms with Gasteiger partial charge in [0.2, 0.25) is 0 Å². The van der Waals surface area contributed by atoms with E-state index < -0.39 is 5.82 Å². The minimum Gasteiger partial charge on any atom is -0.491 e. The van der Waals surface area contributed by atoms with E-state index in [2.05, 4.69) is 34.3 Å². The van der Waals surface area contributed by atoms with Crippen LogP contribution >= 0.6 is 0 Å². The van der Waals surface area contributed by atoms with Gasteiger partial charge in [-0.15, -0.1) is 10.2 Å². The maximum absolute atomic E-state index is 14.2. The summed E-state index contributed by atoms with van der Waals surface area (Å²) in [7, 11) is 0. The van der Waals surface area contributed by atoms with Crippen molar-refractivity contribution in [2.75, 3.05) is 19.7 Å². The minimum atomic E-state index is -0.392. The first-order valence-corrected chi connectivity index (χ1v) is 10.6. The van der Waals surface area contributed by atoms with Gasteiger partial charge in [0.25, 0.3) is 0 Å². The molecule has 1 fully saturated rings. The van der Waals surface area contributed by atoms with E-state index in [0.29, 0.717) is 29.0 Å². The fourth-order valence-corrected chi connectivity index (χ4v) is 4.22. The quantitative estimate of drug-likeness (QED) is 0.532. The largest absolute Gasteiger partial charge is 0.491 e. The number of likely N-dealkylation sites (tertiary alicyclic amines) is 1. The lowest BCUT2D eigenvalue weighted by Gasteiger charge is -2.24. The molecule has 8 heteroatoms. The van der Waals surface area contributed by atoms with Gasteiger partial charge < -0.3 is 10.5 Å². The number of fused-ring (bicyclic) bond motifs is 2. The van der Waals surface area contributed by atoms with Crippen molar-refractivity contribution in [2.24, 2.45) is 5.73 Å². The van der Waals surface area contributed by atoms with Gasteiger partial charge in [0, 0.05) is 42.8 Å². The molecular formula is C23H25FN6O. The summed E-state index contributed by atoms with van der Waals surface area (Å²) in [5.41, 5.74) is 9.33. The predicted octanol–water partition coefficient (Wildman–Crippen LogP) is 3.58. The van der Waals surface area contributed by atoms with E-state index in [9.17, 15) is 4.39 Å². The molecule has 1 aromatic carbocycles. The normalized spacial score (nSPS) is 18.1. The number of pyridine rings is 2. The van der Waals surface area contributed by atoms with E-state index in [0.717, 1.165) is 25.2 Å². The van der Waals surface area contributed by atoms with Crippen LogP contribution < -0.4 is 10.5 Å². The van der Waals surface area contributed by atoms with E-state index in [1.54, 1.807) is 6.07 Å². The molecule has 0 radical (unpaired) electrons. The lowest BCUT2D eigenvalue weighted by Crippen LogP contribution is -2.28. The van der Waals surface area contributed by atoms with E-state index in [-0.39, 0.29) is 17.8 Å². The lowest BCUT2D eigenvalue weighted by atomic mass is 10.1. The Morgan fingerprint density at radius 2 is 2.10 bits per heavy atom. The van der Waals surface area contributed by atoms with E-state index in [1.165, 1.54) is 11.6 Å². The Kier molecular flexibility index (Phi) is 5.03. The molecule has 0 saturated carbocycles. The molecule has 2 N–H and O–H groups in total. The van der Waals surface area contributed by atoms with Crippen LogP contribution in [0, 0.1) is 5.82 Å². The van der Waals surface area contributed by atoms with E-state index in [1.807, 2.05) is 29.5 Å². The van der Waals surface area contributed by atoms with E-state index in [4.69, 9.17) is 15.5 Å². The summed E-state index contributed by atoms with van der Waals surface area (Å²) in [6, 6.07) is 11.3. The summed E-state index contributed by atoms with van der Waals surface area (Å²) in [5, 5.41) is 9.38. The van der Waals surface area contributed by atoms with Crippen molar-refractivity contribution in [1.82, 2.24) is 24.5 Å². The van der Waals surface area contributed by atoms with Gasteiger partial charge in [-0.1, -0.05) is 12.1 Å². The highest BCUT2D eigenvalue weighted by molar-refractivity contribution is 5.82. The second kappa shape index (κ2) is 7.86. The highest BCUT2D eigenvalue weighted by Gasteiger charge is 2.25. The zero-order valence-electron chi connectivity index (χ0n) is 17.6. The maximum Gasteiger partial charge on any atom is 0.187 e. The van der Waals surface area contributed by atoms with Crippen molar-refractivity contribution < 1.29 is 9.13 Å². The number of rotatable bonds is 5. The summed E-state index contributed by atoms with van der Waals surface area (Å²) >= 11 is 0. The van der Waals surface area contributed by atoms with Crippen LogP contribution in [-0.2, 0) is 0 Å². The minimum absolute atomic E-state index is 0.200. The first-order valence-electron chi connectivity index (χ1n) is 10.6. The first kappa shape index (κ1) is 19.8. The SMILES string of the molecule is CCOc1cc2nc(-c3nnc4ccc([C@@H](C)N5CCC(N)C5)cn34)ccc2cc1F. The van der Waals surface area contributed by atoms with Crippen LogP contribution in [0.4, 0.5) is 4.39 Å². The van der Waals surface area contributed by atoms with Crippen molar-refractivity contribution in [3.8, 4) is 17.3 Å².